The molecule has 5 heteroatoms. The minimum Gasteiger partial charge on any atom is -0.464 e. The van der Waals surface area contributed by atoms with Crippen LogP contribution in [0.25, 0.3) is 0 Å². The maximum Gasteiger partial charge on any atom is 0.358 e. The van der Waals surface area contributed by atoms with Gasteiger partial charge in [0.2, 0.25) is 0 Å². The predicted octanol–water partition coefficient (Wildman–Crippen LogP) is 3.57. The fourth-order valence-electron chi connectivity index (χ4n) is 2.51. The standard InChI is InChI=1S/C14H19NO3S/c1-9(16)12-11(14(17)18-2)15-13(19-12)10-7-5-3-4-6-8-10/h10H,3-8H2,1-2H3. The number of carbonyl (C=O) groups excluding carboxylic acids is 2. The molecule has 1 aromatic heterocycles. The Morgan fingerprint density at radius 1 is 1.21 bits per heavy atom. The summed E-state index contributed by atoms with van der Waals surface area (Å²) in [5.74, 6) is -0.233. The molecule has 1 heterocycles. The smallest absolute Gasteiger partial charge is 0.358 e. The first-order chi connectivity index (χ1) is 9.13. The van der Waals surface area contributed by atoms with Crippen molar-refractivity contribution in [3.05, 3.63) is 15.6 Å². The fraction of sp³-hybridized carbons (Fsp3) is 0.643. The van der Waals surface area contributed by atoms with Crippen LogP contribution >= 0.6 is 11.3 Å². The summed E-state index contributed by atoms with van der Waals surface area (Å²) in [6.45, 7) is 1.47. The van der Waals surface area contributed by atoms with Crippen LogP contribution in [0.3, 0.4) is 0 Å². The van der Waals surface area contributed by atoms with Gasteiger partial charge in [0.1, 0.15) is 4.88 Å². The monoisotopic (exact) mass is 281 g/mol. The molecular weight excluding hydrogens is 262 g/mol. The Labute approximate surface area is 117 Å². The van der Waals surface area contributed by atoms with Crippen LogP contribution in [0.1, 0.15) is 76.5 Å². The van der Waals surface area contributed by atoms with Crippen LogP contribution in [-0.4, -0.2) is 23.8 Å². The first-order valence-corrected chi connectivity index (χ1v) is 7.55. The summed E-state index contributed by atoms with van der Waals surface area (Å²) in [5.41, 5.74) is 0.194. The van der Waals surface area contributed by atoms with E-state index in [-0.39, 0.29) is 11.5 Å². The van der Waals surface area contributed by atoms with Crippen LogP contribution in [0, 0.1) is 0 Å². The summed E-state index contributed by atoms with van der Waals surface area (Å²) in [4.78, 5) is 28.1. The van der Waals surface area contributed by atoms with Crippen molar-refractivity contribution in [3.63, 3.8) is 0 Å². The lowest BCUT2D eigenvalue weighted by atomic mass is 10.0. The number of thiazole rings is 1. The van der Waals surface area contributed by atoms with Gasteiger partial charge in [-0.1, -0.05) is 25.7 Å². The van der Waals surface area contributed by atoms with Crippen LogP contribution in [0.4, 0.5) is 0 Å². The molecule has 2 rings (SSSR count). The van der Waals surface area contributed by atoms with Crippen molar-refractivity contribution < 1.29 is 14.3 Å². The SMILES string of the molecule is COC(=O)c1nc(C2CCCCCC2)sc1C(C)=O. The number of Topliss-reactive ketones (excluding diaryl/α,β-unsaturated/α-hetero) is 1. The highest BCUT2D eigenvalue weighted by Crippen LogP contribution is 2.35. The third kappa shape index (κ3) is 3.21. The molecule has 0 atom stereocenters. The van der Waals surface area contributed by atoms with Crippen molar-refractivity contribution in [1.29, 1.82) is 0 Å². The summed E-state index contributed by atoms with van der Waals surface area (Å²) >= 11 is 1.37. The molecule has 0 saturated heterocycles. The van der Waals surface area contributed by atoms with Crippen LogP contribution in [0.15, 0.2) is 0 Å². The molecule has 1 aromatic rings. The van der Waals surface area contributed by atoms with Gasteiger partial charge in [0.05, 0.1) is 12.1 Å². The zero-order valence-electron chi connectivity index (χ0n) is 11.4. The quantitative estimate of drug-likeness (QED) is 0.483. The van der Waals surface area contributed by atoms with E-state index >= 15 is 0 Å². The van der Waals surface area contributed by atoms with Gasteiger partial charge >= 0.3 is 5.97 Å². The van der Waals surface area contributed by atoms with Crippen molar-refractivity contribution in [2.24, 2.45) is 0 Å². The maximum absolute atomic E-state index is 11.7. The zero-order chi connectivity index (χ0) is 13.8. The number of esters is 1. The van der Waals surface area contributed by atoms with E-state index in [1.165, 1.54) is 51.1 Å². The van der Waals surface area contributed by atoms with Crippen LogP contribution in [-0.2, 0) is 4.74 Å². The van der Waals surface area contributed by atoms with Gasteiger partial charge in [-0.3, -0.25) is 4.79 Å². The molecule has 0 N–H and O–H groups in total. The number of hydrogen-bond acceptors (Lipinski definition) is 5. The number of hydrogen-bond donors (Lipinski definition) is 0. The van der Waals surface area contributed by atoms with Crippen molar-refractivity contribution in [2.45, 2.75) is 51.4 Å². The summed E-state index contributed by atoms with van der Waals surface area (Å²) in [6, 6.07) is 0. The molecular formula is C14H19NO3S. The van der Waals surface area contributed by atoms with Gasteiger partial charge in [0.15, 0.2) is 11.5 Å². The second kappa shape index (κ2) is 6.28. The van der Waals surface area contributed by atoms with Gasteiger partial charge in [-0.2, -0.15) is 0 Å². The van der Waals surface area contributed by atoms with E-state index in [9.17, 15) is 9.59 Å². The van der Waals surface area contributed by atoms with Crippen LogP contribution in [0.5, 0.6) is 0 Å². The molecule has 0 unspecified atom stereocenters. The van der Waals surface area contributed by atoms with Crippen LogP contribution < -0.4 is 0 Å². The highest BCUT2D eigenvalue weighted by atomic mass is 32.1. The maximum atomic E-state index is 11.7. The van der Waals surface area contributed by atoms with Crippen molar-refractivity contribution >= 4 is 23.1 Å². The first-order valence-electron chi connectivity index (χ1n) is 6.73. The summed E-state index contributed by atoms with van der Waals surface area (Å²) in [7, 11) is 1.32. The molecule has 0 amide bonds. The van der Waals surface area contributed by atoms with Gasteiger partial charge in [-0.15, -0.1) is 11.3 Å². The van der Waals surface area contributed by atoms with E-state index < -0.39 is 5.97 Å². The molecule has 0 aromatic carbocycles. The number of nitrogens with zero attached hydrogens (tertiary/aromatic N) is 1. The van der Waals surface area contributed by atoms with Crippen LogP contribution in [0.2, 0.25) is 0 Å². The third-order valence-corrected chi connectivity index (χ3v) is 4.87. The number of methoxy groups -OCH3 is 1. The Bertz CT molecular complexity index is 473. The van der Waals surface area contributed by atoms with Gasteiger partial charge < -0.3 is 4.74 Å². The van der Waals surface area contributed by atoms with Gasteiger partial charge in [-0.05, 0) is 12.8 Å². The lowest BCUT2D eigenvalue weighted by Gasteiger charge is -2.09. The topological polar surface area (TPSA) is 56.3 Å². The minimum atomic E-state index is -0.513. The molecule has 1 aliphatic carbocycles. The molecule has 1 aliphatic rings. The Morgan fingerprint density at radius 3 is 2.37 bits per heavy atom. The number of ether oxygens (including phenoxy) is 1. The molecule has 1 saturated carbocycles. The second-order valence-electron chi connectivity index (χ2n) is 4.97. The zero-order valence-corrected chi connectivity index (χ0v) is 12.2. The molecule has 4 nitrogen and oxygen atoms in total. The minimum absolute atomic E-state index is 0.113. The van der Waals surface area contributed by atoms with Gasteiger partial charge in [0, 0.05) is 12.8 Å². The largest absolute Gasteiger partial charge is 0.464 e. The molecule has 0 radical (unpaired) electrons. The van der Waals surface area contributed by atoms with E-state index in [4.69, 9.17) is 4.74 Å². The Kier molecular flexibility index (Phi) is 4.69. The summed E-state index contributed by atoms with van der Waals surface area (Å²) in [6.07, 6.45) is 7.15. The predicted molar refractivity (Wildman–Crippen MR) is 73.9 cm³/mol. The van der Waals surface area contributed by atoms with Gasteiger partial charge in [0.25, 0.3) is 0 Å². The number of carbonyl (C=O) groups is 2. The Morgan fingerprint density at radius 2 is 1.84 bits per heavy atom. The lowest BCUT2D eigenvalue weighted by molar-refractivity contribution is 0.0591. The highest BCUT2D eigenvalue weighted by molar-refractivity contribution is 7.14. The number of rotatable bonds is 3. The van der Waals surface area contributed by atoms with Crippen molar-refractivity contribution in [1.82, 2.24) is 4.98 Å². The normalized spacial score (nSPS) is 16.9. The average Bonchev–Trinajstić information content (AvgIpc) is 2.67. The van der Waals surface area contributed by atoms with E-state index in [1.807, 2.05) is 0 Å². The summed E-state index contributed by atoms with van der Waals surface area (Å²) < 4.78 is 4.71. The first kappa shape index (κ1) is 14.2. The molecule has 0 aliphatic heterocycles. The van der Waals surface area contributed by atoms with Gasteiger partial charge in [-0.25, -0.2) is 9.78 Å². The Hall–Kier alpha value is -1.23. The third-order valence-electron chi connectivity index (χ3n) is 3.55. The molecule has 0 spiro atoms. The van der Waals surface area contributed by atoms with Crippen molar-refractivity contribution in [2.75, 3.05) is 7.11 Å². The van der Waals surface area contributed by atoms with Crippen molar-refractivity contribution in [3.8, 4) is 0 Å². The number of ketones is 1. The molecule has 19 heavy (non-hydrogen) atoms. The highest BCUT2D eigenvalue weighted by Gasteiger charge is 2.25. The molecule has 0 bridgehead atoms. The lowest BCUT2D eigenvalue weighted by Crippen LogP contribution is -2.07. The van der Waals surface area contributed by atoms with E-state index in [1.54, 1.807) is 0 Å². The van der Waals surface area contributed by atoms with E-state index in [0.717, 1.165) is 17.8 Å². The average molecular weight is 281 g/mol. The molecule has 104 valence electrons. The second-order valence-corrected chi connectivity index (χ2v) is 6.00. The fourth-order valence-corrected chi connectivity index (χ4v) is 3.63. The molecule has 1 fully saturated rings. The Balaban J connectivity index is 2.30. The number of aromatic nitrogens is 1. The van der Waals surface area contributed by atoms with E-state index in [2.05, 4.69) is 4.98 Å². The summed E-state index contributed by atoms with van der Waals surface area (Å²) in [5, 5.41) is 0.924. The van der Waals surface area contributed by atoms with E-state index in [0.29, 0.717) is 10.8 Å².